The van der Waals surface area contributed by atoms with Crippen molar-refractivity contribution >= 4 is 21.7 Å². The number of halogens is 2. The standard InChI is InChI=1S/C11H11BrFN3/c1-6-10(15-16(2)11(6)14)7-4-3-5-8(13)9(7)12/h3-5H,14H2,1-2H3. The predicted octanol–water partition coefficient (Wildman–Crippen LogP) is 2.88. The minimum absolute atomic E-state index is 0.305. The van der Waals surface area contributed by atoms with Gasteiger partial charge in [0.05, 0.1) is 10.2 Å². The number of nitrogens with two attached hydrogens (primary N) is 1. The highest BCUT2D eigenvalue weighted by molar-refractivity contribution is 9.10. The van der Waals surface area contributed by atoms with Gasteiger partial charge in [-0.05, 0) is 28.9 Å². The summed E-state index contributed by atoms with van der Waals surface area (Å²) in [4.78, 5) is 0. The number of aromatic nitrogens is 2. The Morgan fingerprint density at radius 3 is 2.69 bits per heavy atom. The summed E-state index contributed by atoms with van der Waals surface area (Å²) >= 11 is 3.22. The van der Waals surface area contributed by atoms with Gasteiger partial charge in [-0.1, -0.05) is 12.1 Å². The van der Waals surface area contributed by atoms with E-state index >= 15 is 0 Å². The van der Waals surface area contributed by atoms with Crippen molar-refractivity contribution in [2.24, 2.45) is 7.05 Å². The number of hydrogen-bond acceptors (Lipinski definition) is 2. The Labute approximate surface area is 101 Å². The van der Waals surface area contributed by atoms with Crippen molar-refractivity contribution in [3.8, 4) is 11.3 Å². The van der Waals surface area contributed by atoms with E-state index < -0.39 is 0 Å². The average Bonchev–Trinajstić information content (AvgIpc) is 2.50. The Morgan fingerprint density at radius 1 is 1.44 bits per heavy atom. The molecule has 5 heteroatoms. The van der Waals surface area contributed by atoms with Gasteiger partial charge in [0.2, 0.25) is 0 Å². The molecule has 0 aliphatic carbocycles. The van der Waals surface area contributed by atoms with Crippen molar-refractivity contribution in [3.05, 3.63) is 34.1 Å². The zero-order valence-corrected chi connectivity index (χ0v) is 10.5. The largest absolute Gasteiger partial charge is 0.384 e. The molecule has 3 nitrogen and oxygen atoms in total. The molecule has 0 saturated carbocycles. The molecule has 2 aromatic rings. The molecule has 0 aliphatic heterocycles. The van der Waals surface area contributed by atoms with Crippen LogP contribution in [0, 0.1) is 12.7 Å². The second-order valence-corrected chi connectivity index (χ2v) is 4.38. The van der Waals surface area contributed by atoms with Gasteiger partial charge in [-0.25, -0.2) is 4.39 Å². The minimum atomic E-state index is -0.305. The molecule has 16 heavy (non-hydrogen) atoms. The summed E-state index contributed by atoms with van der Waals surface area (Å²) < 4.78 is 15.4. The maximum absolute atomic E-state index is 13.4. The summed E-state index contributed by atoms with van der Waals surface area (Å²) in [6, 6.07) is 4.86. The van der Waals surface area contributed by atoms with Crippen molar-refractivity contribution in [1.82, 2.24) is 9.78 Å². The normalized spacial score (nSPS) is 10.8. The third-order valence-corrected chi connectivity index (χ3v) is 3.35. The van der Waals surface area contributed by atoms with Gasteiger partial charge >= 0.3 is 0 Å². The summed E-state index contributed by atoms with van der Waals surface area (Å²) in [6.45, 7) is 1.87. The Morgan fingerprint density at radius 2 is 2.12 bits per heavy atom. The van der Waals surface area contributed by atoms with Crippen molar-refractivity contribution in [3.63, 3.8) is 0 Å². The molecule has 0 saturated heterocycles. The fourth-order valence-corrected chi connectivity index (χ4v) is 2.04. The molecule has 2 N–H and O–H groups in total. The monoisotopic (exact) mass is 283 g/mol. The third-order valence-electron chi connectivity index (χ3n) is 2.54. The molecule has 0 unspecified atom stereocenters. The van der Waals surface area contributed by atoms with E-state index in [0.29, 0.717) is 21.5 Å². The number of benzene rings is 1. The number of nitrogen functional groups attached to an aromatic ring is 1. The summed E-state index contributed by atoms with van der Waals surface area (Å²) in [5.74, 6) is 0.285. The van der Waals surface area contributed by atoms with E-state index in [2.05, 4.69) is 21.0 Å². The van der Waals surface area contributed by atoms with Gasteiger partial charge in [0.1, 0.15) is 11.6 Å². The van der Waals surface area contributed by atoms with Crippen LogP contribution in [0.3, 0.4) is 0 Å². The van der Waals surface area contributed by atoms with Crippen LogP contribution in [0.5, 0.6) is 0 Å². The number of hydrogen-bond donors (Lipinski definition) is 1. The lowest BCUT2D eigenvalue weighted by Crippen LogP contribution is -1.97. The Balaban J connectivity index is 2.68. The van der Waals surface area contributed by atoms with Crippen LogP contribution in [0.4, 0.5) is 10.2 Å². The fourth-order valence-electron chi connectivity index (χ4n) is 1.59. The Kier molecular flexibility index (Phi) is 2.71. The van der Waals surface area contributed by atoms with Gasteiger partial charge in [-0.15, -0.1) is 0 Å². The van der Waals surface area contributed by atoms with E-state index in [-0.39, 0.29) is 5.82 Å². The van der Waals surface area contributed by atoms with Crippen LogP contribution in [-0.4, -0.2) is 9.78 Å². The van der Waals surface area contributed by atoms with Crippen molar-refractivity contribution in [2.45, 2.75) is 6.92 Å². The lowest BCUT2D eigenvalue weighted by atomic mass is 10.1. The topological polar surface area (TPSA) is 43.8 Å². The SMILES string of the molecule is Cc1c(-c2cccc(F)c2Br)nn(C)c1N. The maximum Gasteiger partial charge on any atom is 0.138 e. The van der Waals surface area contributed by atoms with E-state index in [9.17, 15) is 4.39 Å². The summed E-state index contributed by atoms with van der Waals surface area (Å²) in [6.07, 6.45) is 0. The van der Waals surface area contributed by atoms with Gasteiger partial charge in [0.15, 0.2) is 0 Å². The quantitative estimate of drug-likeness (QED) is 0.875. The molecule has 0 amide bonds. The van der Waals surface area contributed by atoms with Gasteiger partial charge in [-0.3, -0.25) is 4.68 Å². The highest BCUT2D eigenvalue weighted by Gasteiger charge is 2.15. The zero-order chi connectivity index (χ0) is 11.9. The van der Waals surface area contributed by atoms with Crippen LogP contribution in [0.2, 0.25) is 0 Å². The van der Waals surface area contributed by atoms with Crippen molar-refractivity contribution in [2.75, 3.05) is 5.73 Å². The second kappa shape index (κ2) is 3.90. The number of nitrogens with zero attached hydrogens (tertiary/aromatic N) is 2. The third kappa shape index (κ3) is 1.61. The summed E-state index contributed by atoms with van der Waals surface area (Å²) in [5.41, 5.74) is 8.09. The Bertz CT molecular complexity index is 548. The zero-order valence-electron chi connectivity index (χ0n) is 8.96. The van der Waals surface area contributed by atoms with E-state index in [1.807, 2.05) is 13.0 Å². The fraction of sp³-hybridized carbons (Fsp3) is 0.182. The van der Waals surface area contributed by atoms with E-state index in [1.54, 1.807) is 17.8 Å². The first-order valence-corrected chi connectivity index (χ1v) is 5.55. The first-order valence-electron chi connectivity index (χ1n) is 4.76. The smallest absolute Gasteiger partial charge is 0.138 e. The first kappa shape index (κ1) is 11.1. The first-order chi connectivity index (χ1) is 7.52. The van der Waals surface area contributed by atoms with E-state index in [0.717, 1.165) is 5.56 Å². The van der Waals surface area contributed by atoms with Crippen LogP contribution in [0.25, 0.3) is 11.3 Å². The number of aryl methyl sites for hydroxylation is 1. The van der Waals surface area contributed by atoms with Gasteiger partial charge in [-0.2, -0.15) is 5.10 Å². The maximum atomic E-state index is 13.4. The van der Waals surface area contributed by atoms with Crippen LogP contribution in [0.15, 0.2) is 22.7 Å². The minimum Gasteiger partial charge on any atom is -0.384 e. The molecule has 84 valence electrons. The van der Waals surface area contributed by atoms with Crippen LogP contribution in [0.1, 0.15) is 5.56 Å². The molecule has 2 rings (SSSR count). The van der Waals surface area contributed by atoms with Crippen LogP contribution >= 0.6 is 15.9 Å². The number of rotatable bonds is 1. The molecule has 0 bridgehead atoms. The van der Waals surface area contributed by atoms with E-state index in [4.69, 9.17) is 5.73 Å². The highest BCUT2D eigenvalue weighted by atomic mass is 79.9. The lowest BCUT2D eigenvalue weighted by Gasteiger charge is -2.02. The Hall–Kier alpha value is -1.36. The molecular weight excluding hydrogens is 273 g/mol. The van der Waals surface area contributed by atoms with Crippen LogP contribution < -0.4 is 5.73 Å². The molecule has 1 aromatic heterocycles. The molecule has 1 aromatic carbocycles. The van der Waals surface area contributed by atoms with Gasteiger partial charge < -0.3 is 5.73 Å². The summed E-state index contributed by atoms with van der Waals surface area (Å²) in [7, 11) is 1.76. The molecule has 0 radical (unpaired) electrons. The highest BCUT2D eigenvalue weighted by Crippen LogP contribution is 2.32. The van der Waals surface area contributed by atoms with E-state index in [1.165, 1.54) is 6.07 Å². The second-order valence-electron chi connectivity index (χ2n) is 3.58. The molecule has 0 fully saturated rings. The predicted molar refractivity (Wildman–Crippen MR) is 65.5 cm³/mol. The molecule has 1 heterocycles. The van der Waals surface area contributed by atoms with Crippen LogP contribution in [-0.2, 0) is 7.05 Å². The molecule has 0 aliphatic rings. The molecule has 0 spiro atoms. The molecular formula is C11H11BrFN3. The van der Waals surface area contributed by atoms with Crippen molar-refractivity contribution < 1.29 is 4.39 Å². The van der Waals surface area contributed by atoms with Crippen molar-refractivity contribution in [1.29, 1.82) is 0 Å². The lowest BCUT2D eigenvalue weighted by molar-refractivity contribution is 0.621. The van der Waals surface area contributed by atoms with Gasteiger partial charge in [0, 0.05) is 18.2 Å². The number of anilines is 1. The summed E-state index contributed by atoms with van der Waals surface area (Å²) in [5, 5.41) is 4.28. The molecule has 0 atom stereocenters. The average molecular weight is 284 g/mol. The van der Waals surface area contributed by atoms with Gasteiger partial charge in [0.25, 0.3) is 0 Å².